The highest BCUT2D eigenvalue weighted by Gasteiger charge is 2.28. The summed E-state index contributed by atoms with van der Waals surface area (Å²) in [4.78, 5) is 17.7. The predicted molar refractivity (Wildman–Crippen MR) is 75.1 cm³/mol. The van der Waals surface area contributed by atoms with Crippen LogP contribution in [-0.2, 0) is 9.47 Å². The SMILES string of the molecule is CC1(C)OCC(COn2cnc3c(N)nc(N)nc32)CO1. The third kappa shape index (κ3) is 2.83. The van der Waals surface area contributed by atoms with Gasteiger partial charge in [0, 0.05) is 5.92 Å². The van der Waals surface area contributed by atoms with Gasteiger partial charge in [0.25, 0.3) is 0 Å². The van der Waals surface area contributed by atoms with Crippen LogP contribution in [0.25, 0.3) is 11.2 Å². The molecule has 0 radical (unpaired) electrons. The van der Waals surface area contributed by atoms with Gasteiger partial charge in [-0.25, -0.2) is 4.98 Å². The van der Waals surface area contributed by atoms with Crippen molar-refractivity contribution in [2.24, 2.45) is 5.92 Å². The van der Waals surface area contributed by atoms with E-state index in [0.717, 1.165) is 0 Å². The van der Waals surface area contributed by atoms with E-state index in [1.165, 1.54) is 11.1 Å². The van der Waals surface area contributed by atoms with Gasteiger partial charge in [0.05, 0.1) is 13.2 Å². The molecule has 0 aliphatic carbocycles. The van der Waals surface area contributed by atoms with Crippen LogP contribution in [0.1, 0.15) is 13.8 Å². The van der Waals surface area contributed by atoms with E-state index < -0.39 is 5.79 Å². The number of rotatable bonds is 3. The molecule has 4 N–H and O–H groups in total. The van der Waals surface area contributed by atoms with Crippen LogP contribution in [-0.4, -0.2) is 45.3 Å². The fourth-order valence-electron chi connectivity index (χ4n) is 2.02. The van der Waals surface area contributed by atoms with Crippen molar-refractivity contribution in [3.8, 4) is 0 Å². The molecule has 1 fully saturated rings. The lowest BCUT2D eigenvalue weighted by molar-refractivity contribution is -0.266. The van der Waals surface area contributed by atoms with Gasteiger partial charge in [0.2, 0.25) is 11.6 Å². The molecule has 0 atom stereocenters. The standard InChI is InChI=1S/C12H18N6O3/c1-12(2)19-3-7(4-20-12)5-21-18-6-15-8-9(13)16-11(14)17-10(8)18/h6-7H,3-5H2,1-2H3,(H4,13,14,16,17). The van der Waals surface area contributed by atoms with Gasteiger partial charge in [-0.3, -0.25) is 0 Å². The first kappa shape index (κ1) is 13.8. The zero-order valence-electron chi connectivity index (χ0n) is 11.9. The summed E-state index contributed by atoms with van der Waals surface area (Å²) in [5.41, 5.74) is 12.2. The number of nitrogen functional groups attached to an aromatic ring is 2. The molecule has 1 aliphatic rings. The van der Waals surface area contributed by atoms with Crippen LogP contribution < -0.4 is 16.3 Å². The maximum Gasteiger partial charge on any atom is 0.224 e. The molecule has 0 bridgehead atoms. The van der Waals surface area contributed by atoms with Gasteiger partial charge in [0.15, 0.2) is 17.1 Å². The summed E-state index contributed by atoms with van der Waals surface area (Å²) < 4.78 is 12.6. The van der Waals surface area contributed by atoms with Gasteiger partial charge in [-0.1, -0.05) is 0 Å². The van der Waals surface area contributed by atoms with E-state index in [1.807, 2.05) is 13.8 Å². The number of nitrogens with two attached hydrogens (primary N) is 2. The van der Waals surface area contributed by atoms with Crippen molar-refractivity contribution in [3.05, 3.63) is 6.33 Å². The Morgan fingerprint density at radius 1 is 1.33 bits per heavy atom. The monoisotopic (exact) mass is 294 g/mol. The summed E-state index contributed by atoms with van der Waals surface area (Å²) in [6.07, 6.45) is 1.49. The molecule has 21 heavy (non-hydrogen) atoms. The Kier molecular flexibility index (Phi) is 3.30. The van der Waals surface area contributed by atoms with Gasteiger partial charge in [-0.2, -0.15) is 14.7 Å². The topological polar surface area (TPSA) is 123 Å². The third-order valence-electron chi connectivity index (χ3n) is 3.19. The van der Waals surface area contributed by atoms with E-state index in [0.29, 0.717) is 31.0 Å². The maximum absolute atomic E-state index is 5.74. The Balaban J connectivity index is 1.69. The van der Waals surface area contributed by atoms with Crippen LogP contribution in [0.3, 0.4) is 0 Å². The molecule has 9 nitrogen and oxygen atoms in total. The molecule has 0 amide bonds. The highest BCUT2D eigenvalue weighted by molar-refractivity contribution is 5.82. The smallest absolute Gasteiger partial charge is 0.224 e. The number of hydrogen-bond donors (Lipinski definition) is 2. The quantitative estimate of drug-likeness (QED) is 0.799. The second-order valence-electron chi connectivity index (χ2n) is 5.39. The van der Waals surface area contributed by atoms with Crippen LogP contribution in [0.5, 0.6) is 0 Å². The third-order valence-corrected chi connectivity index (χ3v) is 3.19. The molecular weight excluding hydrogens is 276 g/mol. The van der Waals surface area contributed by atoms with E-state index in [2.05, 4.69) is 15.0 Å². The highest BCUT2D eigenvalue weighted by Crippen LogP contribution is 2.21. The van der Waals surface area contributed by atoms with Crippen molar-refractivity contribution in [1.82, 2.24) is 19.7 Å². The van der Waals surface area contributed by atoms with E-state index in [1.54, 1.807) is 0 Å². The summed E-state index contributed by atoms with van der Waals surface area (Å²) in [7, 11) is 0. The molecule has 3 heterocycles. The van der Waals surface area contributed by atoms with Crippen molar-refractivity contribution in [2.45, 2.75) is 19.6 Å². The molecule has 0 saturated carbocycles. The average Bonchev–Trinajstić information content (AvgIpc) is 2.81. The Morgan fingerprint density at radius 3 is 2.76 bits per heavy atom. The number of anilines is 2. The molecule has 1 aliphatic heterocycles. The summed E-state index contributed by atoms with van der Waals surface area (Å²) in [5, 5.41) is 0. The summed E-state index contributed by atoms with van der Waals surface area (Å²) in [6, 6.07) is 0. The first-order chi connectivity index (χ1) is 9.94. The fraction of sp³-hybridized carbons (Fsp3) is 0.583. The van der Waals surface area contributed by atoms with Crippen molar-refractivity contribution in [1.29, 1.82) is 0 Å². The van der Waals surface area contributed by atoms with E-state index in [9.17, 15) is 0 Å². The van der Waals surface area contributed by atoms with Crippen molar-refractivity contribution in [2.75, 3.05) is 31.3 Å². The van der Waals surface area contributed by atoms with Crippen LogP contribution in [0.4, 0.5) is 11.8 Å². The molecule has 9 heteroatoms. The van der Waals surface area contributed by atoms with Crippen LogP contribution in [0.2, 0.25) is 0 Å². The van der Waals surface area contributed by atoms with E-state index in [-0.39, 0.29) is 17.7 Å². The van der Waals surface area contributed by atoms with Crippen LogP contribution in [0, 0.1) is 5.92 Å². The van der Waals surface area contributed by atoms with Crippen molar-refractivity contribution < 1.29 is 14.3 Å². The number of hydrogen-bond acceptors (Lipinski definition) is 8. The molecule has 1 saturated heterocycles. The first-order valence-electron chi connectivity index (χ1n) is 6.62. The van der Waals surface area contributed by atoms with Gasteiger partial charge in [-0.05, 0) is 13.8 Å². The van der Waals surface area contributed by atoms with Crippen LogP contribution >= 0.6 is 0 Å². The van der Waals surface area contributed by atoms with Gasteiger partial charge in [0.1, 0.15) is 12.9 Å². The van der Waals surface area contributed by atoms with Gasteiger partial charge >= 0.3 is 0 Å². The normalized spacial score (nSPS) is 19.0. The maximum atomic E-state index is 5.74. The minimum atomic E-state index is -0.533. The molecule has 2 aromatic heterocycles. The molecule has 114 valence electrons. The minimum Gasteiger partial charge on any atom is -0.410 e. The summed E-state index contributed by atoms with van der Waals surface area (Å²) >= 11 is 0. The Bertz CT molecular complexity index is 646. The van der Waals surface area contributed by atoms with Crippen molar-refractivity contribution in [3.63, 3.8) is 0 Å². The number of nitrogens with zero attached hydrogens (tertiary/aromatic N) is 4. The molecule has 2 aromatic rings. The van der Waals surface area contributed by atoms with E-state index in [4.69, 9.17) is 25.8 Å². The zero-order valence-corrected chi connectivity index (χ0v) is 11.9. The Hall–Kier alpha value is -2.13. The second kappa shape index (κ2) is 5.01. The average molecular weight is 294 g/mol. The number of fused-ring (bicyclic) bond motifs is 1. The lowest BCUT2D eigenvalue weighted by Crippen LogP contribution is -2.41. The number of aromatic nitrogens is 4. The Labute approximate surface area is 121 Å². The molecular formula is C12H18N6O3. The minimum absolute atomic E-state index is 0.0800. The first-order valence-corrected chi connectivity index (χ1v) is 6.62. The number of ether oxygens (including phenoxy) is 2. The predicted octanol–water partition coefficient (Wildman–Crippen LogP) is -0.182. The lowest BCUT2D eigenvalue weighted by atomic mass is 10.1. The Morgan fingerprint density at radius 2 is 2.05 bits per heavy atom. The summed E-state index contributed by atoms with van der Waals surface area (Å²) in [6.45, 7) is 5.31. The van der Waals surface area contributed by atoms with Crippen molar-refractivity contribution >= 4 is 22.9 Å². The number of imidazole rings is 1. The molecule has 3 rings (SSSR count). The molecule has 0 unspecified atom stereocenters. The highest BCUT2D eigenvalue weighted by atomic mass is 16.7. The summed E-state index contributed by atoms with van der Waals surface area (Å²) in [5.74, 6) is -0.0942. The van der Waals surface area contributed by atoms with Crippen LogP contribution in [0.15, 0.2) is 6.33 Å². The van der Waals surface area contributed by atoms with Gasteiger partial charge in [-0.15, -0.1) is 0 Å². The molecule has 0 aromatic carbocycles. The largest absolute Gasteiger partial charge is 0.410 e. The van der Waals surface area contributed by atoms with E-state index >= 15 is 0 Å². The van der Waals surface area contributed by atoms with Gasteiger partial charge < -0.3 is 25.8 Å². The fourth-order valence-corrected chi connectivity index (χ4v) is 2.02. The lowest BCUT2D eigenvalue weighted by Gasteiger charge is -2.34. The zero-order chi connectivity index (χ0) is 15.0. The second-order valence-corrected chi connectivity index (χ2v) is 5.39. The molecule has 0 spiro atoms.